The molecular weight excluding hydrogens is 676 g/mol. The Labute approximate surface area is 311 Å². The van der Waals surface area contributed by atoms with E-state index in [9.17, 15) is 51.1 Å². The highest BCUT2D eigenvalue weighted by atomic mass is 16.3. The molecule has 0 aliphatic carbocycles. The Kier molecular flexibility index (Phi) is 13.8. The number of hydrogen-bond acceptors (Lipinski definition) is 10. The zero-order valence-corrected chi connectivity index (χ0v) is 31.4. The fourth-order valence-corrected chi connectivity index (χ4v) is 8.98. The van der Waals surface area contributed by atoms with Gasteiger partial charge < -0.3 is 51.1 Å². The fraction of sp³-hybridized carbons (Fsp3) is 0.442. The summed E-state index contributed by atoms with van der Waals surface area (Å²) in [6.07, 6.45) is 0. The summed E-state index contributed by atoms with van der Waals surface area (Å²) < 4.78 is 0. The molecule has 0 aromatic heterocycles. The number of aliphatic hydroxyl groups excluding tert-OH is 10. The minimum absolute atomic E-state index is 0.308. The lowest BCUT2D eigenvalue weighted by Gasteiger charge is -2.55. The van der Waals surface area contributed by atoms with Gasteiger partial charge in [0.25, 0.3) is 0 Å². The van der Waals surface area contributed by atoms with E-state index in [2.05, 4.69) is 0 Å². The largest absolute Gasteiger partial charge is 0.392 e. The quantitative estimate of drug-likeness (QED) is 0.0766. The van der Waals surface area contributed by atoms with Crippen LogP contribution in [0, 0.1) is 5.92 Å². The minimum Gasteiger partial charge on any atom is -0.392 e. The molecule has 288 valence electrons. The summed E-state index contributed by atoms with van der Waals surface area (Å²) in [6, 6.07) is 18.3. The maximum atomic E-state index is 10.5. The molecule has 53 heavy (non-hydrogen) atoms. The molecule has 0 atom stereocenters. The van der Waals surface area contributed by atoms with E-state index in [1.54, 1.807) is 12.1 Å². The van der Waals surface area contributed by atoms with Crippen molar-refractivity contribution >= 4 is 0 Å². The van der Waals surface area contributed by atoms with Gasteiger partial charge in [0.15, 0.2) is 0 Å². The minimum atomic E-state index is -1.10. The first-order valence-corrected chi connectivity index (χ1v) is 17.8. The lowest BCUT2D eigenvalue weighted by Crippen LogP contribution is -2.54. The summed E-state index contributed by atoms with van der Waals surface area (Å²) in [4.78, 5) is 0. The van der Waals surface area contributed by atoms with Crippen LogP contribution in [0.1, 0.15) is 113 Å². The lowest BCUT2D eigenvalue weighted by molar-refractivity contribution is 0.123. The van der Waals surface area contributed by atoms with Gasteiger partial charge in [0.1, 0.15) is 0 Å². The van der Waals surface area contributed by atoms with E-state index < -0.39 is 48.6 Å². The second-order valence-corrected chi connectivity index (χ2v) is 15.3. The van der Waals surface area contributed by atoms with Gasteiger partial charge in [0.2, 0.25) is 0 Å². The number of hydrogen-bond donors (Lipinski definition) is 10. The van der Waals surface area contributed by atoms with Crippen molar-refractivity contribution in [3.63, 3.8) is 0 Å². The first kappa shape index (κ1) is 42.2. The Hall–Kier alpha value is -3.52. The van der Waals surface area contributed by atoms with Gasteiger partial charge in [-0.05, 0) is 94.6 Å². The summed E-state index contributed by atoms with van der Waals surface area (Å²) in [5.74, 6) is -0.570. The van der Waals surface area contributed by atoms with Crippen LogP contribution >= 0.6 is 0 Å². The SMILES string of the molecule is CC(C)(c1cc(CO)c(CO)c(CO)c1)C(C(C)(C)c1cc(CO)c(CO)c(CO)c1)C(C)(c1cc(CO)cc(CO)c1)c1cc(CO)cc(CO)c1. The lowest BCUT2D eigenvalue weighted by atomic mass is 9.47. The van der Waals surface area contributed by atoms with Crippen molar-refractivity contribution in [2.24, 2.45) is 5.92 Å². The van der Waals surface area contributed by atoms with Gasteiger partial charge in [0, 0.05) is 5.41 Å². The van der Waals surface area contributed by atoms with Crippen molar-refractivity contribution in [3.05, 3.63) is 139 Å². The van der Waals surface area contributed by atoms with E-state index in [0.717, 1.165) is 11.1 Å². The van der Waals surface area contributed by atoms with Crippen LogP contribution in [0.4, 0.5) is 0 Å². The van der Waals surface area contributed by atoms with Crippen molar-refractivity contribution < 1.29 is 51.1 Å². The Morgan fingerprint density at radius 2 is 0.604 bits per heavy atom. The molecule has 0 aliphatic heterocycles. The Balaban J connectivity index is 2.29. The Morgan fingerprint density at radius 1 is 0.340 bits per heavy atom. The monoisotopic (exact) mass is 732 g/mol. The summed E-state index contributed by atoms with van der Waals surface area (Å²) in [5, 5.41) is 104. The van der Waals surface area contributed by atoms with Crippen molar-refractivity contribution in [1.29, 1.82) is 0 Å². The molecule has 4 aromatic rings. The van der Waals surface area contributed by atoms with Crippen LogP contribution in [0.25, 0.3) is 0 Å². The topological polar surface area (TPSA) is 202 Å². The van der Waals surface area contributed by atoms with E-state index in [0.29, 0.717) is 66.8 Å². The van der Waals surface area contributed by atoms with Crippen LogP contribution in [0.3, 0.4) is 0 Å². The molecule has 10 N–H and O–H groups in total. The van der Waals surface area contributed by atoms with Gasteiger partial charge in [-0.15, -0.1) is 0 Å². The van der Waals surface area contributed by atoms with Crippen molar-refractivity contribution in [1.82, 2.24) is 0 Å². The summed E-state index contributed by atoms with van der Waals surface area (Å²) in [5.41, 5.74) is 4.85. The van der Waals surface area contributed by atoms with E-state index in [-0.39, 0.29) is 39.6 Å². The third kappa shape index (κ3) is 7.99. The normalized spacial score (nSPS) is 12.6. The predicted octanol–water partition coefficient (Wildman–Crippen LogP) is 3.49. The van der Waals surface area contributed by atoms with Gasteiger partial charge in [-0.3, -0.25) is 0 Å². The van der Waals surface area contributed by atoms with Gasteiger partial charge in [-0.25, -0.2) is 0 Å². The molecule has 0 saturated carbocycles. The van der Waals surface area contributed by atoms with E-state index in [1.165, 1.54) is 0 Å². The van der Waals surface area contributed by atoms with Crippen LogP contribution < -0.4 is 0 Å². The van der Waals surface area contributed by atoms with Gasteiger partial charge >= 0.3 is 0 Å². The molecule has 0 heterocycles. The molecule has 10 nitrogen and oxygen atoms in total. The Morgan fingerprint density at radius 3 is 0.811 bits per heavy atom. The van der Waals surface area contributed by atoms with Crippen LogP contribution in [-0.2, 0) is 82.3 Å². The van der Waals surface area contributed by atoms with E-state index in [4.69, 9.17) is 0 Å². The highest BCUT2D eigenvalue weighted by Crippen LogP contribution is 2.57. The van der Waals surface area contributed by atoms with E-state index >= 15 is 0 Å². The third-order valence-electron chi connectivity index (χ3n) is 11.4. The standard InChI is InChI=1S/C43H56O10/c1-41(2,34-12-30(20-48)38(24-52)31(13-34)21-49)40(42(3,4)35-14-32(22-50)39(25-53)33(15-35)23-51)43(5,36-8-26(16-44)6-27(9-36)17-45)37-10-28(18-46)7-29(11-37)19-47/h6-15,40,44-53H,16-25H2,1-5H3. The number of aliphatic hydroxyl groups is 10. The second-order valence-electron chi connectivity index (χ2n) is 15.3. The van der Waals surface area contributed by atoms with Crippen molar-refractivity contribution in [3.8, 4) is 0 Å². The first-order valence-electron chi connectivity index (χ1n) is 17.8. The molecule has 4 aromatic carbocycles. The third-order valence-corrected chi connectivity index (χ3v) is 11.4. The molecule has 0 bridgehead atoms. The van der Waals surface area contributed by atoms with Crippen molar-refractivity contribution in [2.75, 3.05) is 0 Å². The predicted molar refractivity (Wildman–Crippen MR) is 201 cm³/mol. The fourth-order valence-electron chi connectivity index (χ4n) is 8.98. The highest BCUT2D eigenvalue weighted by Gasteiger charge is 2.54. The average Bonchev–Trinajstić information content (AvgIpc) is 3.18. The molecule has 0 spiro atoms. The first-order chi connectivity index (χ1) is 25.2. The molecule has 4 rings (SSSR count). The zero-order valence-electron chi connectivity index (χ0n) is 31.4. The smallest absolute Gasteiger partial charge is 0.0688 e. The van der Waals surface area contributed by atoms with E-state index in [1.807, 2.05) is 83.1 Å². The molecule has 10 heteroatoms. The number of rotatable bonds is 17. The van der Waals surface area contributed by atoms with Crippen LogP contribution in [0.5, 0.6) is 0 Å². The highest BCUT2D eigenvalue weighted by molar-refractivity contribution is 5.52. The molecule has 0 saturated heterocycles. The molecule has 0 unspecified atom stereocenters. The second kappa shape index (κ2) is 17.3. The molecule has 0 fully saturated rings. The molecule has 0 amide bonds. The maximum absolute atomic E-state index is 10.5. The van der Waals surface area contributed by atoms with Gasteiger partial charge in [0.05, 0.1) is 66.1 Å². The number of benzene rings is 4. The molecule has 0 aliphatic rings. The maximum Gasteiger partial charge on any atom is 0.0688 e. The van der Waals surface area contributed by atoms with Crippen LogP contribution in [0.2, 0.25) is 0 Å². The Bertz CT molecular complexity index is 1650. The van der Waals surface area contributed by atoms with Crippen molar-refractivity contribution in [2.45, 2.75) is 117 Å². The summed E-state index contributed by atoms with van der Waals surface area (Å²) in [6.45, 7) is 6.64. The summed E-state index contributed by atoms with van der Waals surface area (Å²) in [7, 11) is 0. The zero-order chi connectivity index (χ0) is 39.3. The average molecular weight is 733 g/mol. The van der Waals surface area contributed by atoms with Crippen LogP contribution in [-0.4, -0.2) is 51.1 Å². The summed E-state index contributed by atoms with van der Waals surface area (Å²) >= 11 is 0. The molecular formula is C43H56O10. The molecule has 0 radical (unpaired) electrons. The van der Waals surface area contributed by atoms with Gasteiger partial charge in [-0.2, -0.15) is 0 Å². The van der Waals surface area contributed by atoms with Gasteiger partial charge in [-0.1, -0.05) is 95.3 Å². The van der Waals surface area contributed by atoms with Crippen LogP contribution in [0.15, 0.2) is 60.7 Å².